The quantitative estimate of drug-likeness (QED) is 0.850. The van der Waals surface area contributed by atoms with Crippen LogP contribution in [0.25, 0.3) is 10.9 Å². The summed E-state index contributed by atoms with van der Waals surface area (Å²) < 4.78 is 6.81. The highest BCUT2D eigenvalue weighted by molar-refractivity contribution is 5.90. The Balaban J connectivity index is 2.38. The van der Waals surface area contributed by atoms with E-state index in [1.807, 2.05) is 32.9 Å². The number of carbonyl (C=O) groups excluding carboxylic acids is 1. The lowest BCUT2D eigenvalue weighted by molar-refractivity contribution is 0.0544. The molecule has 4 nitrogen and oxygen atoms in total. The van der Waals surface area contributed by atoms with Crippen molar-refractivity contribution in [2.45, 2.75) is 32.5 Å². The highest BCUT2D eigenvalue weighted by Gasteiger charge is 2.19. The molecule has 4 heteroatoms. The summed E-state index contributed by atoms with van der Waals surface area (Å²) in [7, 11) is 0. The summed E-state index contributed by atoms with van der Waals surface area (Å²) >= 11 is 0. The fourth-order valence-corrected chi connectivity index (χ4v) is 1.95. The number of aliphatic hydroxyl groups is 1. The molecule has 0 aliphatic carbocycles. The number of benzene rings is 1. The molecule has 1 atom stereocenters. The van der Waals surface area contributed by atoms with E-state index >= 15 is 0 Å². The van der Waals surface area contributed by atoms with Crippen LogP contribution < -0.4 is 0 Å². The van der Waals surface area contributed by atoms with Gasteiger partial charge in [-0.25, -0.2) is 4.79 Å². The Labute approximate surface area is 118 Å². The van der Waals surface area contributed by atoms with Crippen molar-refractivity contribution >= 4 is 17.0 Å². The summed E-state index contributed by atoms with van der Waals surface area (Å²) in [4.78, 5) is 12.1. The van der Waals surface area contributed by atoms with Gasteiger partial charge in [0.1, 0.15) is 5.60 Å². The van der Waals surface area contributed by atoms with Gasteiger partial charge in [0.2, 0.25) is 0 Å². The van der Waals surface area contributed by atoms with Gasteiger partial charge in [0, 0.05) is 11.6 Å². The van der Waals surface area contributed by atoms with Crippen LogP contribution in [0.4, 0.5) is 4.79 Å². The fourth-order valence-electron chi connectivity index (χ4n) is 1.95. The summed E-state index contributed by atoms with van der Waals surface area (Å²) in [6.07, 6.45) is 2.02. The van der Waals surface area contributed by atoms with E-state index in [-0.39, 0.29) is 0 Å². The van der Waals surface area contributed by atoms with Crippen molar-refractivity contribution in [3.63, 3.8) is 0 Å². The molecule has 0 aliphatic heterocycles. The van der Waals surface area contributed by atoms with Crippen LogP contribution in [0.15, 0.2) is 43.1 Å². The van der Waals surface area contributed by atoms with Gasteiger partial charge in [-0.1, -0.05) is 12.1 Å². The number of nitrogens with zero attached hydrogens (tertiary/aromatic N) is 1. The molecule has 1 aromatic carbocycles. The van der Waals surface area contributed by atoms with Crippen LogP contribution in [0.1, 0.15) is 32.4 Å². The van der Waals surface area contributed by atoms with E-state index in [1.54, 1.807) is 18.3 Å². The molecule has 1 N–H and O–H groups in total. The number of rotatable bonds is 2. The monoisotopic (exact) mass is 273 g/mol. The summed E-state index contributed by atoms with van der Waals surface area (Å²) in [5.74, 6) is 0. The predicted octanol–water partition coefficient (Wildman–Crippen LogP) is 3.64. The minimum absolute atomic E-state index is 0.412. The van der Waals surface area contributed by atoms with Crippen LogP contribution in [0, 0.1) is 0 Å². The lowest BCUT2D eigenvalue weighted by Crippen LogP contribution is -2.26. The van der Waals surface area contributed by atoms with Crippen molar-refractivity contribution in [3.8, 4) is 0 Å². The smallest absolute Gasteiger partial charge is 0.418 e. The minimum atomic E-state index is -0.704. The minimum Gasteiger partial charge on any atom is -0.443 e. The van der Waals surface area contributed by atoms with Gasteiger partial charge in [0.15, 0.2) is 0 Å². The van der Waals surface area contributed by atoms with Crippen molar-refractivity contribution in [2.24, 2.45) is 0 Å². The molecule has 0 spiro atoms. The van der Waals surface area contributed by atoms with Gasteiger partial charge in [0.25, 0.3) is 0 Å². The molecule has 0 bridgehead atoms. The molecular weight excluding hydrogens is 254 g/mol. The second-order valence-electron chi connectivity index (χ2n) is 5.66. The molecule has 0 radical (unpaired) electrons. The van der Waals surface area contributed by atoms with Gasteiger partial charge < -0.3 is 9.84 Å². The van der Waals surface area contributed by atoms with Crippen LogP contribution in [0.3, 0.4) is 0 Å². The first-order valence-electron chi connectivity index (χ1n) is 6.47. The van der Waals surface area contributed by atoms with Crippen LogP contribution >= 0.6 is 0 Å². The molecule has 2 aromatic rings. The van der Waals surface area contributed by atoms with Crippen LogP contribution in [-0.2, 0) is 4.74 Å². The maximum absolute atomic E-state index is 12.1. The normalized spacial score (nSPS) is 13.2. The molecule has 1 unspecified atom stereocenters. The first-order chi connectivity index (χ1) is 9.31. The van der Waals surface area contributed by atoms with E-state index in [2.05, 4.69) is 6.58 Å². The summed E-state index contributed by atoms with van der Waals surface area (Å²) in [6, 6.07) is 7.22. The van der Waals surface area contributed by atoms with E-state index in [0.29, 0.717) is 0 Å². The highest BCUT2D eigenvalue weighted by Crippen LogP contribution is 2.23. The Morgan fingerprint density at radius 1 is 1.40 bits per heavy atom. The van der Waals surface area contributed by atoms with Crippen molar-refractivity contribution in [1.82, 2.24) is 4.57 Å². The van der Waals surface area contributed by atoms with Gasteiger partial charge >= 0.3 is 6.09 Å². The van der Waals surface area contributed by atoms with Gasteiger partial charge in [-0.05, 0) is 44.5 Å². The zero-order valence-electron chi connectivity index (χ0n) is 12.0. The van der Waals surface area contributed by atoms with Crippen molar-refractivity contribution < 1.29 is 14.6 Å². The Hall–Kier alpha value is -2.07. The molecule has 0 saturated carbocycles. The van der Waals surface area contributed by atoms with Gasteiger partial charge in [0.05, 0.1) is 11.6 Å². The molecule has 1 aromatic heterocycles. The summed E-state index contributed by atoms with van der Waals surface area (Å²) in [5, 5.41) is 10.6. The first-order valence-corrected chi connectivity index (χ1v) is 6.47. The van der Waals surface area contributed by atoms with E-state index < -0.39 is 17.8 Å². The zero-order valence-corrected chi connectivity index (χ0v) is 12.0. The van der Waals surface area contributed by atoms with Crippen LogP contribution in [-0.4, -0.2) is 21.4 Å². The molecule has 0 amide bonds. The zero-order chi connectivity index (χ0) is 14.9. The molecule has 0 aliphatic rings. The van der Waals surface area contributed by atoms with E-state index in [1.165, 1.54) is 10.6 Å². The van der Waals surface area contributed by atoms with Crippen molar-refractivity contribution in [3.05, 3.63) is 48.7 Å². The van der Waals surface area contributed by atoms with Gasteiger partial charge in [-0.15, -0.1) is 6.58 Å². The van der Waals surface area contributed by atoms with Crippen molar-refractivity contribution in [1.29, 1.82) is 0 Å². The third-order valence-corrected chi connectivity index (χ3v) is 2.87. The predicted molar refractivity (Wildman–Crippen MR) is 78.7 cm³/mol. The number of aromatic nitrogens is 1. The SMILES string of the molecule is C=CC(O)c1ccc2c(ccn2C(=O)OC(C)(C)C)c1. The second kappa shape index (κ2) is 5.13. The molecule has 106 valence electrons. The van der Waals surface area contributed by atoms with Crippen LogP contribution in [0.2, 0.25) is 0 Å². The van der Waals surface area contributed by atoms with E-state index in [9.17, 15) is 9.90 Å². The van der Waals surface area contributed by atoms with Crippen molar-refractivity contribution in [2.75, 3.05) is 0 Å². The van der Waals surface area contributed by atoms with Crippen LogP contribution in [0.5, 0.6) is 0 Å². The topological polar surface area (TPSA) is 51.5 Å². The second-order valence-corrected chi connectivity index (χ2v) is 5.66. The lowest BCUT2D eigenvalue weighted by atomic mass is 10.1. The summed E-state index contributed by atoms with van der Waals surface area (Å²) in [5.41, 5.74) is 0.959. The first kappa shape index (κ1) is 14.3. The fraction of sp³-hybridized carbons (Fsp3) is 0.312. The molecular formula is C16H19NO3. The van der Waals surface area contributed by atoms with Gasteiger partial charge in [-0.2, -0.15) is 0 Å². The number of carbonyl (C=O) groups is 1. The average Bonchev–Trinajstić information content (AvgIpc) is 2.78. The standard InChI is InChI=1S/C16H19NO3/c1-5-14(18)12-6-7-13-11(10-12)8-9-17(13)15(19)20-16(2,3)4/h5-10,14,18H,1H2,2-4H3. The molecule has 1 heterocycles. The molecule has 20 heavy (non-hydrogen) atoms. The largest absolute Gasteiger partial charge is 0.443 e. The maximum atomic E-state index is 12.1. The number of fused-ring (bicyclic) bond motifs is 1. The third kappa shape index (κ3) is 2.91. The Bertz CT molecular complexity index is 649. The van der Waals surface area contributed by atoms with Gasteiger partial charge in [-0.3, -0.25) is 4.57 Å². The Kier molecular flexibility index (Phi) is 3.68. The Morgan fingerprint density at radius 3 is 2.70 bits per heavy atom. The highest BCUT2D eigenvalue weighted by atomic mass is 16.6. The lowest BCUT2D eigenvalue weighted by Gasteiger charge is -2.19. The summed E-state index contributed by atoms with van der Waals surface area (Å²) in [6.45, 7) is 9.05. The number of ether oxygens (including phenoxy) is 1. The van der Waals surface area contributed by atoms with E-state index in [4.69, 9.17) is 4.74 Å². The van der Waals surface area contributed by atoms with E-state index in [0.717, 1.165) is 16.5 Å². The third-order valence-electron chi connectivity index (χ3n) is 2.87. The molecule has 0 saturated heterocycles. The molecule has 0 fully saturated rings. The Morgan fingerprint density at radius 2 is 2.10 bits per heavy atom. The number of hydrogen-bond acceptors (Lipinski definition) is 3. The number of hydrogen-bond donors (Lipinski definition) is 1. The maximum Gasteiger partial charge on any atom is 0.418 e. The molecule has 2 rings (SSSR count). The average molecular weight is 273 g/mol. The number of aliphatic hydroxyl groups excluding tert-OH is 1.